The summed E-state index contributed by atoms with van der Waals surface area (Å²) in [4.78, 5) is 4.97. The van der Waals surface area contributed by atoms with Crippen LogP contribution in [0.2, 0.25) is 0 Å². The minimum atomic E-state index is 0.273. The van der Waals surface area contributed by atoms with Crippen molar-refractivity contribution in [2.45, 2.75) is 51.5 Å². The lowest BCUT2D eigenvalue weighted by Crippen LogP contribution is -2.17. The first-order valence-corrected chi connectivity index (χ1v) is 9.02. The average Bonchev–Trinajstić information content (AvgIpc) is 3.24. The Labute approximate surface area is 143 Å². The fraction of sp³-hybridized carbons (Fsp3) is 0.381. The van der Waals surface area contributed by atoms with Gasteiger partial charge in [-0.1, -0.05) is 56.2 Å². The van der Waals surface area contributed by atoms with Crippen molar-refractivity contribution in [3.05, 3.63) is 65.5 Å². The van der Waals surface area contributed by atoms with Crippen molar-refractivity contribution in [1.82, 2.24) is 9.38 Å². The van der Waals surface area contributed by atoms with Gasteiger partial charge >= 0.3 is 0 Å². The van der Waals surface area contributed by atoms with Crippen LogP contribution in [-0.2, 0) is 0 Å². The number of rotatable bonds is 4. The van der Waals surface area contributed by atoms with E-state index >= 15 is 0 Å². The highest BCUT2D eigenvalue weighted by molar-refractivity contribution is 5.58. The molecule has 2 heterocycles. The average molecular weight is 319 g/mol. The van der Waals surface area contributed by atoms with Crippen LogP contribution in [0.25, 0.3) is 5.65 Å². The summed E-state index contributed by atoms with van der Waals surface area (Å²) in [5.74, 6) is 1.45. The van der Waals surface area contributed by atoms with Gasteiger partial charge in [-0.2, -0.15) is 0 Å². The third-order valence-corrected chi connectivity index (χ3v) is 5.20. The highest BCUT2D eigenvalue weighted by Gasteiger charge is 2.23. The summed E-state index contributed by atoms with van der Waals surface area (Å²) in [6, 6.07) is 15.5. The standard InChI is InChI=1S/C21H25N3/c1-15-12-13-19-23-20(16(2)17-8-4-3-5-9-17)21(24(19)14-15)22-18-10-6-7-11-18/h3-5,8-9,12-14,16,18,22H,6-7,10-11H2,1-2H3. The zero-order chi connectivity index (χ0) is 16.5. The van der Waals surface area contributed by atoms with Crippen molar-refractivity contribution in [3.63, 3.8) is 0 Å². The molecule has 1 fully saturated rings. The van der Waals surface area contributed by atoms with Crippen molar-refractivity contribution in [1.29, 1.82) is 0 Å². The largest absolute Gasteiger partial charge is 0.367 e. The Kier molecular flexibility index (Phi) is 4.01. The van der Waals surface area contributed by atoms with Gasteiger partial charge in [-0.15, -0.1) is 0 Å². The molecule has 1 aromatic carbocycles. The molecule has 124 valence electrons. The molecule has 0 amide bonds. The van der Waals surface area contributed by atoms with E-state index in [4.69, 9.17) is 4.98 Å². The molecule has 3 nitrogen and oxygen atoms in total. The van der Waals surface area contributed by atoms with Gasteiger partial charge in [0.05, 0.1) is 5.69 Å². The molecule has 4 rings (SSSR count). The summed E-state index contributed by atoms with van der Waals surface area (Å²) in [5, 5.41) is 3.81. The van der Waals surface area contributed by atoms with Crippen LogP contribution in [0.15, 0.2) is 48.7 Å². The molecule has 1 N–H and O–H groups in total. The summed E-state index contributed by atoms with van der Waals surface area (Å²) in [6.45, 7) is 4.39. The summed E-state index contributed by atoms with van der Waals surface area (Å²) in [6.07, 6.45) is 7.38. The molecule has 0 saturated heterocycles. The number of benzene rings is 1. The lowest BCUT2D eigenvalue weighted by Gasteiger charge is -2.17. The lowest BCUT2D eigenvalue weighted by atomic mass is 9.97. The molecule has 1 aliphatic carbocycles. The second-order valence-corrected chi connectivity index (χ2v) is 7.04. The molecule has 3 heteroatoms. The predicted molar refractivity (Wildman–Crippen MR) is 99.8 cm³/mol. The zero-order valence-electron chi connectivity index (χ0n) is 14.5. The van der Waals surface area contributed by atoms with Gasteiger partial charge in [0.2, 0.25) is 0 Å². The molecule has 3 aromatic rings. The van der Waals surface area contributed by atoms with E-state index in [-0.39, 0.29) is 5.92 Å². The van der Waals surface area contributed by atoms with Crippen molar-refractivity contribution >= 4 is 11.5 Å². The molecule has 0 radical (unpaired) electrons. The van der Waals surface area contributed by atoms with Crippen LogP contribution in [0.5, 0.6) is 0 Å². The Morgan fingerprint density at radius 2 is 1.83 bits per heavy atom. The van der Waals surface area contributed by atoms with Gasteiger partial charge < -0.3 is 5.32 Å². The quantitative estimate of drug-likeness (QED) is 0.720. The van der Waals surface area contributed by atoms with E-state index in [1.807, 2.05) is 0 Å². The summed E-state index contributed by atoms with van der Waals surface area (Å²) in [7, 11) is 0. The van der Waals surface area contributed by atoms with E-state index in [9.17, 15) is 0 Å². The summed E-state index contributed by atoms with van der Waals surface area (Å²) >= 11 is 0. The third kappa shape index (κ3) is 2.79. The molecule has 1 saturated carbocycles. The van der Waals surface area contributed by atoms with Crippen molar-refractivity contribution in [2.75, 3.05) is 5.32 Å². The summed E-state index contributed by atoms with van der Waals surface area (Å²) in [5.41, 5.74) is 4.75. The maximum atomic E-state index is 4.97. The van der Waals surface area contributed by atoms with Gasteiger partial charge in [0.15, 0.2) is 0 Å². The number of pyridine rings is 1. The Bertz CT molecular complexity index is 829. The first kappa shape index (κ1) is 15.3. The van der Waals surface area contributed by atoms with Crippen LogP contribution in [0, 0.1) is 6.92 Å². The molecule has 1 unspecified atom stereocenters. The minimum Gasteiger partial charge on any atom is -0.367 e. The van der Waals surface area contributed by atoms with E-state index in [2.05, 4.69) is 72.2 Å². The molecule has 0 spiro atoms. The number of hydrogen-bond acceptors (Lipinski definition) is 2. The van der Waals surface area contributed by atoms with Crippen LogP contribution in [-0.4, -0.2) is 15.4 Å². The van der Waals surface area contributed by atoms with Gasteiger partial charge in [-0.05, 0) is 37.0 Å². The van der Waals surface area contributed by atoms with Crippen molar-refractivity contribution in [3.8, 4) is 0 Å². The number of anilines is 1. The number of aromatic nitrogens is 2. The van der Waals surface area contributed by atoms with Gasteiger partial charge in [-0.3, -0.25) is 4.40 Å². The highest BCUT2D eigenvalue weighted by Crippen LogP contribution is 2.33. The molecular weight excluding hydrogens is 294 g/mol. The van der Waals surface area contributed by atoms with E-state index in [0.29, 0.717) is 6.04 Å². The summed E-state index contributed by atoms with van der Waals surface area (Å²) < 4.78 is 2.24. The first-order valence-electron chi connectivity index (χ1n) is 9.02. The Morgan fingerprint density at radius 1 is 1.08 bits per heavy atom. The second kappa shape index (κ2) is 6.31. The van der Waals surface area contributed by atoms with Crippen LogP contribution in [0.3, 0.4) is 0 Å². The lowest BCUT2D eigenvalue weighted by molar-refractivity contribution is 0.743. The van der Waals surface area contributed by atoms with Crippen LogP contribution >= 0.6 is 0 Å². The van der Waals surface area contributed by atoms with Crippen LogP contribution < -0.4 is 5.32 Å². The Hall–Kier alpha value is -2.29. The van der Waals surface area contributed by atoms with Crippen molar-refractivity contribution in [2.24, 2.45) is 0 Å². The molecule has 24 heavy (non-hydrogen) atoms. The Morgan fingerprint density at radius 3 is 2.58 bits per heavy atom. The molecule has 2 aromatic heterocycles. The number of imidazole rings is 1. The second-order valence-electron chi connectivity index (χ2n) is 7.04. The SMILES string of the molecule is Cc1ccc2nc(C(C)c3ccccc3)c(NC3CCCC3)n2c1. The van der Waals surface area contributed by atoms with Crippen molar-refractivity contribution < 1.29 is 0 Å². The van der Waals surface area contributed by atoms with Gasteiger partial charge in [-0.25, -0.2) is 4.98 Å². The molecule has 1 atom stereocenters. The number of aryl methyl sites for hydroxylation is 1. The van der Waals surface area contributed by atoms with E-state index in [1.54, 1.807) is 0 Å². The molecule has 0 aliphatic heterocycles. The number of nitrogens with one attached hydrogen (secondary N) is 1. The highest BCUT2D eigenvalue weighted by atomic mass is 15.1. The van der Waals surface area contributed by atoms with Crippen LogP contribution in [0.4, 0.5) is 5.82 Å². The van der Waals surface area contributed by atoms with Gasteiger partial charge in [0.25, 0.3) is 0 Å². The normalized spacial score (nSPS) is 16.6. The number of fused-ring (bicyclic) bond motifs is 1. The number of hydrogen-bond donors (Lipinski definition) is 1. The Balaban J connectivity index is 1.80. The number of nitrogens with zero attached hydrogens (tertiary/aromatic N) is 2. The topological polar surface area (TPSA) is 29.3 Å². The molecule has 1 aliphatic rings. The van der Waals surface area contributed by atoms with E-state index in [1.165, 1.54) is 42.6 Å². The van der Waals surface area contributed by atoms with Crippen LogP contribution in [0.1, 0.15) is 55.3 Å². The maximum absolute atomic E-state index is 4.97. The monoisotopic (exact) mass is 319 g/mol. The molecular formula is C21H25N3. The third-order valence-electron chi connectivity index (χ3n) is 5.20. The van der Waals surface area contributed by atoms with E-state index < -0.39 is 0 Å². The zero-order valence-corrected chi connectivity index (χ0v) is 14.5. The first-order chi connectivity index (χ1) is 11.7. The van der Waals surface area contributed by atoms with E-state index in [0.717, 1.165) is 11.3 Å². The maximum Gasteiger partial charge on any atom is 0.138 e. The fourth-order valence-corrected chi connectivity index (χ4v) is 3.78. The van der Waals surface area contributed by atoms with Gasteiger partial charge in [0, 0.05) is 18.2 Å². The van der Waals surface area contributed by atoms with Gasteiger partial charge in [0.1, 0.15) is 11.5 Å². The predicted octanol–water partition coefficient (Wildman–Crippen LogP) is 5.15. The molecule has 0 bridgehead atoms. The smallest absolute Gasteiger partial charge is 0.138 e. The fourth-order valence-electron chi connectivity index (χ4n) is 3.78. The minimum absolute atomic E-state index is 0.273.